The maximum atomic E-state index is 5.76. The average molecular weight is 298 g/mol. The zero-order valence-electron chi connectivity index (χ0n) is 11.7. The molecule has 2 aromatic carbocycles. The molecule has 0 amide bonds. The molecule has 0 saturated heterocycles. The zero-order valence-corrected chi connectivity index (χ0v) is 12.5. The molecule has 0 unspecified atom stereocenters. The van der Waals surface area contributed by atoms with E-state index in [0.29, 0.717) is 16.9 Å². The Kier molecular flexibility index (Phi) is 3.87. The van der Waals surface area contributed by atoms with E-state index in [0.717, 1.165) is 5.39 Å². The van der Waals surface area contributed by atoms with Crippen LogP contribution in [-0.2, 0) is 0 Å². The Balaban J connectivity index is 1.94. The topological polar surface area (TPSA) is 59.9 Å². The van der Waals surface area contributed by atoms with Gasteiger partial charge >= 0.3 is 6.01 Å². The molecule has 1 heterocycles. The largest absolute Gasteiger partial charge is 0.424 e. The van der Waals surface area contributed by atoms with Crippen LogP contribution in [0.15, 0.2) is 47.6 Å². The highest BCUT2D eigenvalue weighted by molar-refractivity contribution is 7.98. The lowest BCUT2D eigenvalue weighted by Crippen LogP contribution is -2.02. The van der Waals surface area contributed by atoms with Crippen LogP contribution in [0.2, 0.25) is 0 Å². The molecule has 6 heteroatoms. The summed E-state index contributed by atoms with van der Waals surface area (Å²) in [5.41, 5.74) is 0. The third-order valence-electron chi connectivity index (χ3n) is 2.93. The highest BCUT2D eigenvalue weighted by Gasteiger charge is 2.07. The summed E-state index contributed by atoms with van der Waals surface area (Å²) >= 11 is 1.44. The van der Waals surface area contributed by atoms with E-state index in [9.17, 15) is 0 Å². The van der Waals surface area contributed by atoms with Gasteiger partial charge in [0.2, 0.25) is 5.95 Å². The van der Waals surface area contributed by atoms with E-state index in [1.165, 1.54) is 17.1 Å². The van der Waals surface area contributed by atoms with E-state index < -0.39 is 0 Å². The fourth-order valence-corrected chi connectivity index (χ4v) is 2.27. The van der Waals surface area contributed by atoms with Crippen molar-refractivity contribution in [3.63, 3.8) is 0 Å². The van der Waals surface area contributed by atoms with Crippen LogP contribution in [0.3, 0.4) is 0 Å². The number of anilines is 1. The summed E-state index contributed by atoms with van der Waals surface area (Å²) < 4.78 is 5.76. The SMILES string of the molecule is CNc1nc(Oc2ccc3ccccc3c2)nc(SC)n1. The minimum absolute atomic E-state index is 0.286. The maximum absolute atomic E-state index is 5.76. The van der Waals surface area contributed by atoms with E-state index in [1.807, 2.05) is 42.7 Å². The maximum Gasteiger partial charge on any atom is 0.327 e. The molecule has 0 spiro atoms. The van der Waals surface area contributed by atoms with Crippen molar-refractivity contribution < 1.29 is 4.74 Å². The molecule has 0 aliphatic rings. The fourth-order valence-electron chi connectivity index (χ4n) is 1.92. The predicted molar refractivity (Wildman–Crippen MR) is 85.2 cm³/mol. The Morgan fingerprint density at radius 2 is 1.81 bits per heavy atom. The molecule has 0 aliphatic heterocycles. The molecular weight excluding hydrogens is 284 g/mol. The van der Waals surface area contributed by atoms with Gasteiger partial charge < -0.3 is 10.1 Å². The second-order valence-corrected chi connectivity index (χ2v) is 5.06. The summed E-state index contributed by atoms with van der Waals surface area (Å²) in [6.45, 7) is 0. The van der Waals surface area contributed by atoms with Crippen molar-refractivity contribution >= 4 is 28.5 Å². The van der Waals surface area contributed by atoms with E-state index in [4.69, 9.17) is 4.74 Å². The molecule has 1 N–H and O–H groups in total. The number of hydrogen-bond acceptors (Lipinski definition) is 6. The minimum atomic E-state index is 0.286. The molecule has 1 aromatic heterocycles. The average Bonchev–Trinajstić information content (AvgIpc) is 2.54. The summed E-state index contributed by atoms with van der Waals surface area (Å²) in [5.74, 6) is 1.19. The Hall–Kier alpha value is -2.34. The van der Waals surface area contributed by atoms with Crippen LogP contribution in [0, 0.1) is 0 Å². The van der Waals surface area contributed by atoms with Gasteiger partial charge in [-0.3, -0.25) is 0 Å². The van der Waals surface area contributed by atoms with Crippen molar-refractivity contribution in [2.24, 2.45) is 0 Å². The van der Waals surface area contributed by atoms with Gasteiger partial charge in [0.25, 0.3) is 0 Å². The highest BCUT2D eigenvalue weighted by atomic mass is 32.2. The summed E-state index contributed by atoms with van der Waals surface area (Å²) in [6.07, 6.45) is 1.91. The van der Waals surface area contributed by atoms with Crippen molar-refractivity contribution in [2.75, 3.05) is 18.6 Å². The van der Waals surface area contributed by atoms with E-state index in [-0.39, 0.29) is 6.01 Å². The number of nitrogens with one attached hydrogen (secondary N) is 1. The number of aromatic nitrogens is 3. The van der Waals surface area contributed by atoms with Crippen LogP contribution in [0.4, 0.5) is 5.95 Å². The molecule has 21 heavy (non-hydrogen) atoms. The van der Waals surface area contributed by atoms with E-state index in [1.54, 1.807) is 7.05 Å². The number of benzene rings is 2. The molecule has 0 fully saturated rings. The molecular formula is C15H14N4OS. The summed E-state index contributed by atoms with van der Waals surface area (Å²) in [4.78, 5) is 12.7. The van der Waals surface area contributed by atoms with Gasteiger partial charge in [0, 0.05) is 7.05 Å². The van der Waals surface area contributed by atoms with Crippen molar-refractivity contribution in [3.8, 4) is 11.8 Å². The Bertz CT molecular complexity index is 756. The normalized spacial score (nSPS) is 10.6. The van der Waals surface area contributed by atoms with Gasteiger partial charge in [-0.2, -0.15) is 15.0 Å². The molecule has 3 rings (SSSR count). The van der Waals surface area contributed by atoms with E-state index >= 15 is 0 Å². The number of rotatable bonds is 4. The molecule has 3 aromatic rings. The molecule has 0 saturated carbocycles. The van der Waals surface area contributed by atoms with Gasteiger partial charge in [0.1, 0.15) is 5.75 Å². The highest BCUT2D eigenvalue weighted by Crippen LogP contribution is 2.25. The Labute approximate surface area is 126 Å². The van der Waals surface area contributed by atoms with Gasteiger partial charge in [-0.25, -0.2) is 0 Å². The van der Waals surface area contributed by atoms with Crippen molar-refractivity contribution in [1.29, 1.82) is 0 Å². The number of ether oxygens (including phenoxy) is 1. The number of hydrogen-bond donors (Lipinski definition) is 1. The van der Waals surface area contributed by atoms with Crippen molar-refractivity contribution in [1.82, 2.24) is 15.0 Å². The second kappa shape index (κ2) is 5.97. The summed E-state index contributed by atoms with van der Waals surface area (Å²) in [7, 11) is 1.76. The van der Waals surface area contributed by atoms with Crippen LogP contribution in [0.25, 0.3) is 10.8 Å². The van der Waals surface area contributed by atoms with Crippen LogP contribution in [0.1, 0.15) is 0 Å². The minimum Gasteiger partial charge on any atom is -0.424 e. The zero-order chi connectivity index (χ0) is 14.7. The molecule has 0 bridgehead atoms. The molecule has 106 valence electrons. The third-order valence-corrected chi connectivity index (χ3v) is 3.48. The lowest BCUT2D eigenvalue weighted by atomic mass is 10.1. The smallest absolute Gasteiger partial charge is 0.327 e. The van der Waals surface area contributed by atoms with Crippen LogP contribution < -0.4 is 10.1 Å². The van der Waals surface area contributed by atoms with Crippen molar-refractivity contribution in [3.05, 3.63) is 42.5 Å². The number of nitrogens with zero attached hydrogens (tertiary/aromatic N) is 3. The molecule has 0 aliphatic carbocycles. The summed E-state index contributed by atoms with van der Waals surface area (Å²) in [6, 6.07) is 14.3. The Morgan fingerprint density at radius 3 is 2.57 bits per heavy atom. The lowest BCUT2D eigenvalue weighted by molar-refractivity contribution is 0.434. The first-order valence-electron chi connectivity index (χ1n) is 6.43. The summed E-state index contributed by atoms with van der Waals surface area (Å²) in [5, 5.41) is 5.80. The van der Waals surface area contributed by atoms with Gasteiger partial charge in [0.15, 0.2) is 5.16 Å². The second-order valence-electron chi connectivity index (χ2n) is 4.29. The lowest BCUT2D eigenvalue weighted by Gasteiger charge is -2.07. The van der Waals surface area contributed by atoms with Gasteiger partial charge in [-0.05, 0) is 29.2 Å². The monoisotopic (exact) mass is 298 g/mol. The Morgan fingerprint density at radius 1 is 1.00 bits per heavy atom. The number of thioether (sulfide) groups is 1. The first kappa shape index (κ1) is 13.6. The van der Waals surface area contributed by atoms with Crippen molar-refractivity contribution in [2.45, 2.75) is 5.16 Å². The molecule has 0 radical (unpaired) electrons. The van der Waals surface area contributed by atoms with Gasteiger partial charge in [-0.1, -0.05) is 42.1 Å². The van der Waals surface area contributed by atoms with E-state index in [2.05, 4.69) is 26.3 Å². The van der Waals surface area contributed by atoms with Gasteiger partial charge in [0.05, 0.1) is 0 Å². The fraction of sp³-hybridized carbons (Fsp3) is 0.133. The third kappa shape index (κ3) is 3.05. The van der Waals surface area contributed by atoms with Crippen LogP contribution in [-0.4, -0.2) is 28.3 Å². The first-order chi connectivity index (χ1) is 10.3. The predicted octanol–water partition coefficient (Wildman–Crippen LogP) is 3.58. The van der Waals surface area contributed by atoms with Crippen LogP contribution >= 0.6 is 11.8 Å². The quantitative estimate of drug-likeness (QED) is 0.743. The molecule has 0 atom stereocenters. The van der Waals surface area contributed by atoms with Gasteiger partial charge in [-0.15, -0.1) is 0 Å². The standard InChI is InChI=1S/C15H14N4OS/c1-16-13-17-14(19-15(18-13)21-2)20-12-8-7-10-5-3-4-6-11(10)9-12/h3-9H,1-2H3,(H,16,17,18,19). The van der Waals surface area contributed by atoms with Crippen LogP contribution in [0.5, 0.6) is 11.8 Å². The molecule has 5 nitrogen and oxygen atoms in total. The number of fused-ring (bicyclic) bond motifs is 1. The first-order valence-corrected chi connectivity index (χ1v) is 7.65.